The summed E-state index contributed by atoms with van der Waals surface area (Å²) < 4.78 is 26.5. The molecule has 0 aliphatic heterocycles. The van der Waals surface area contributed by atoms with Crippen molar-refractivity contribution in [2.24, 2.45) is 11.8 Å². The number of alkyl halides is 2. The predicted octanol–water partition coefficient (Wildman–Crippen LogP) is 5.01. The molecule has 0 heterocycles. The van der Waals surface area contributed by atoms with Gasteiger partial charge in [0.15, 0.2) is 0 Å². The van der Waals surface area contributed by atoms with Gasteiger partial charge < -0.3 is 5.32 Å². The van der Waals surface area contributed by atoms with Gasteiger partial charge in [-0.15, -0.1) is 0 Å². The molecule has 114 valence electrons. The van der Waals surface area contributed by atoms with Gasteiger partial charge in [0.25, 0.3) is 0 Å². The van der Waals surface area contributed by atoms with Gasteiger partial charge in [0, 0.05) is 18.9 Å². The summed E-state index contributed by atoms with van der Waals surface area (Å²) in [5.41, 5.74) is 0. The van der Waals surface area contributed by atoms with E-state index in [0.29, 0.717) is 24.8 Å². The van der Waals surface area contributed by atoms with Crippen LogP contribution < -0.4 is 5.32 Å². The van der Waals surface area contributed by atoms with Crippen LogP contribution >= 0.6 is 0 Å². The van der Waals surface area contributed by atoms with Gasteiger partial charge in [-0.25, -0.2) is 8.78 Å². The Balaban J connectivity index is 2.39. The van der Waals surface area contributed by atoms with Gasteiger partial charge in [0.1, 0.15) is 0 Å². The molecule has 1 atom stereocenters. The van der Waals surface area contributed by atoms with Crippen molar-refractivity contribution in [1.29, 1.82) is 0 Å². The van der Waals surface area contributed by atoms with E-state index in [2.05, 4.69) is 26.1 Å². The lowest BCUT2D eigenvalue weighted by molar-refractivity contribution is -0.0499. The molecule has 1 unspecified atom stereocenters. The zero-order valence-corrected chi connectivity index (χ0v) is 12.9. The molecule has 0 bridgehead atoms. The molecule has 1 aliphatic carbocycles. The monoisotopic (exact) mass is 275 g/mol. The fourth-order valence-corrected chi connectivity index (χ4v) is 3.05. The zero-order valence-electron chi connectivity index (χ0n) is 12.9. The van der Waals surface area contributed by atoms with Crippen LogP contribution in [0.5, 0.6) is 0 Å². The summed E-state index contributed by atoms with van der Waals surface area (Å²) >= 11 is 0. The first kappa shape index (κ1) is 16.9. The Hall–Kier alpha value is -0.180. The molecule has 0 spiro atoms. The molecule has 1 nitrogen and oxygen atoms in total. The summed E-state index contributed by atoms with van der Waals surface area (Å²) in [6.07, 6.45) is 6.28. The van der Waals surface area contributed by atoms with E-state index in [1.54, 1.807) is 0 Å². The smallest absolute Gasteiger partial charge is 0.248 e. The van der Waals surface area contributed by atoms with Crippen molar-refractivity contribution in [1.82, 2.24) is 5.32 Å². The first-order valence-corrected chi connectivity index (χ1v) is 8.06. The molecule has 0 saturated heterocycles. The maximum Gasteiger partial charge on any atom is 0.248 e. The molecule has 1 N–H and O–H groups in total. The average Bonchev–Trinajstić information content (AvgIpc) is 2.33. The highest BCUT2D eigenvalue weighted by Gasteiger charge is 2.37. The van der Waals surface area contributed by atoms with E-state index in [-0.39, 0.29) is 12.8 Å². The molecule has 0 aromatic carbocycles. The van der Waals surface area contributed by atoms with Crippen LogP contribution in [0.25, 0.3) is 0 Å². The highest BCUT2D eigenvalue weighted by Crippen LogP contribution is 2.38. The first-order valence-electron chi connectivity index (χ1n) is 8.06. The third-order valence-electron chi connectivity index (χ3n) is 4.28. The minimum absolute atomic E-state index is 0.0894. The third kappa shape index (κ3) is 6.69. The molecule has 1 fully saturated rings. The molecule has 1 saturated carbocycles. The van der Waals surface area contributed by atoms with Crippen LogP contribution in [0.1, 0.15) is 72.1 Å². The molecular weight excluding hydrogens is 244 g/mol. The normalized spacial score (nSPS) is 21.8. The Morgan fingerprint density at radius 1 is 1.16 bits per heavy atom. The highest BCUT2D eigenvalue weighted by atomic mass is 19.3. The van der Waals surface area contributed by atoms with Gasteiger partial charge in [0.05, 0.1) is 0 Å². The molecule has 0 aromatic heterocycles. The van der Waals surface area contributed by atoms with E-state index in [9.17, 15) is 8.78 Å². The lowest BCUT2D eigenvalue weighted by Crippen LogP contribution is -2.40. The van der Waals surface area contributed by atoms with Gasteiger partial charge in [-0.2, -0.15) is 0 Å². The van der Waals surface area contributed by atoms with Gasteiger partial charge in [-0.05, 0) is 44.1 Å². The van der Waals surface area contributed by atoms with Crippen molar-refractivity contribution < 1.29 is 8.78 Å². The van der Waals surface area contributed by atoms with E-state index in [1.807, 2.05) is 0 Å². The fraction of sp³-hybridized carbons (Fsp3) is 1.00. The van der Waals surface area contributed by atoms with Crippen molar-refractivity contribution in [2.75, 3.05) is 6.54 Å². The van der Waals surface area contributed by atoms with Crippen LogP contribution in [0.3, 0.4) is 0 Å². The SMILES string of the molecule is CCCNC(CCCC(C)C)C1CCC(F)(F)CC1. The van der Waals surface area contributed by atoms with Crippen LogP contribution in [0.4, 0.5) is 8.78 Å². The number of hydrogen-bond donors (Lipinski definition) is 1. The van der Waals surface area contributed by atoms with Gasteiger partial charge in [-0.3, -0.25) is 0 Å². The first-order chi connectivity index (χ1) is 8.94. The maximum atomic E-state index is 13.2. The second-order valence-corrected chi connectivity index (χ2v) is 6.58. The lowest BCUT2D eigenvalue weighted by atomic mass is 9.80. The summed E-state index contributed by atoms with van der Waals surface area (Å²) in [5.74, 6) is -1.20. The second-order valence-electron chi connectivity index (χ2n) is 6.58. The maximum absolute atomic E-state index is 13.2. The highest BCUT2D eigenvalue weighted by molar-refractivity contribution is 4.85. The third-order valence-corrected chi connectivity index (χ3v) is 4.28. The van der Waals surface area contributed by atoms with Crippen LogP contribution in [0, 0.1) is 11.8 Å². The van der Waals surface area contributed by atoms with Gasteiger partial charge in [0.2, 0.25) is 5.92 Å². The number of rotatable bonds is 8. The molecule has 1 rings (SSSR count). The number of nitrogens with one attached hydrogen (secondary N) is 1. The Morgan fingerprint density at radius 2 is 1.79 bits per heavy atom. The van der Waals surface area contributed by atoms with Crippen LogP contribution in [0.2, 0.25) is 0 Å². The number of halogens is 2. The molecule has 1 aliphatic rings. The zero-order chi connectivity index (χ0) is 14.3. The van der Waals surface area contributed by atoms with E-state index in [4.69, 9.17) is 0 Å². The van der Waals surface area contributed by atoms with Crippen molar-refractivity contribution in [2.45, 2.75) is 84.1 Å². The molecule has 19 heavy (non-hydrogen) atoms. The molecule has 0 amide bonds. The standard InChI is InChI=1S/C16H31F2N/c1-4-12-19-15(7-5-6-13(2)3)14-8-10-16(17,18)11-9-14/h13-15,19H,4-12H2,1-3H3. The predicted molar refractivity (Wildman–Crippen MR) is 77.7 cm³/mol. The van der Waals surface area contributed by atoms with Gasteiger partial charge >= 0.3 is 0 Å². The number of hydrogen-bond acceptors (Lipinski definition) is 1. The van der Waals surface area contributed by atoms with Crippen molar-refractivity contribution in [3.63, 3.8) is 0 Å². The minimum Gasteiger partial charge on any atom is -0.314 e. The topological polar surface area (TPSA) is 12.0 Å². The Kier molecular flexibility index (Phi) is 7.27. The summed E-state index contributed by atoms with van der Waals surface area (Å²) in [6, 6.07) is 0.454. The Bertz CT molecular complexity index is 231. The van der Waals surface area contributed by atoms with Crippen LogP contribution in [-0.4, -0.2) is 18.5 Å². The van der Waals surface area contributed by atoms with E-state index in [1.165, 1.54) is 12.8 Å². The van der Waals surface area contributed by atoms with Crippen molar-refractivity contribution in [3.05, 3.63) is 0 Å². The van der Waals surface area contributed by atoms with Crippen molar-refractivity contribution >= 4 is 0 Å². The molecule has 0 aromatic rings. The summed E-state index contributed by atoms with van der Waals surface area (Å²) in [6.45, 7) is 7.66. The summed E-state index contributed by atoms with van der Waals surface area (Å²) in [4.78, 5) is 0. The average molecular weight is 275 g/mol. The molecule has 3 heteroatoms. The molecule has 0 radical (unpaired) electrons. The largest absolute Gasteiger partial charge is 0.314 e. The van der Waals surface area contributed by atoms with E-state index >= 15 is 0 Å². The van der Waals surface area contributed by atoms with Gasteiger partial charge in [-0.1, -0.05) is 33.6 Å². The van der Waals surface area contributed by atoms with Crippen molar-refractivity contribution in [3.8, 4) is 0 Å². The second kappa shape index (κ2) is 8.18. The van der Waals surface area contributed by atoms with Crippen LogP contribution in [0.15, 0.2) is 0 Å². The fourth-order valence-electron chi connectivity index (χ4n) is 3.05. The summed E-state index contributed by atoms with van der Waals surface area (Å²) in [5, 5.41) is 3.60. The van der Waals surface area contributed by atoms with E-state index in [0.717, 1.165) is 25.3 Å². The minimum atomic E-state index is -2.40. The Labute approximate surface area is 117 Å². The van der Waals surface area contributed by atoms with E-state index < -0.39 is 5.92 Å². The van der Waals surface area contributed by atoms with Crippen LogP contribution in [-0.2, 0) is 0 Å². The lowest BCUT2D eigenvalue weighted by Gasteiger charge is -2.34. The quantitative estimate of drug-likeness (QED) is 0.657. The Morgan fingerprint density at radius 3 is 2.32 bits per heavy atom. The summed E-state index contributed by atoms with van der Waals surface area (Å²) in [7, 11) is 0. The molecular formula is C16H31F2N.